The van der Waals surface area contributed by atoms with Crippen LogP contribution in [0.5, 0.6) is 5.75 Å². The van der Waals surface area contributed by atoms with Crippen LogP contribution in [0.1, 0.15) is 5.56 Å². The first-order valence-corrected chi connectivity index (χ1v) is 8.40. The minimum atomic E-state index is -0.360. The Hall–Kier alpha value is -2.49. The highest BCUT2D eigenvalue weighted by Crippen LogP contribution is 2.27. The Morgan fingerprint density at radius 3 is 2.48 bits per heavy atom. The van der Waals surface area contributed by atoms with Gasteiger partial charge in [-0.25, -0.2) is 4.79 Å². The number of fused-ring (bicyclic) bond motifs is 3. The summed E-state index contributed by atoms with van der Waals surface area (Å²) < 4.78 is 11.2. The summed E-state index contributed by atoms with van der Waals surface area (Å²) in [7, 11) is 0. The number of hydrogen-bond acceptors (Lipinski definition) is 3. The van der Waals surface area contributed by atoms with Crippen LogP contribution in [0.2, 0.25) is 10.0 Å². The molecule has 0 unspecified atom stereocenters. The summed E-state index contributed by atoms with van der Waals surface area (Å²) >= 11 is 12.0. The van der Waals surface area contributed by atoms with E-state index in [4.69, 9.17) is 32.4 Å². The number of benzene rings is 3. The Bertz CT molecular complexity index is 1150. The summed E-state index contributed by atoms with van der Waals surface area (Å²) in [6.07, 6.45) is 0. The van der Waals surface area contributed by atoms with Crippen molar-refractivity contribution in [2.45, 2.75) is 6.61 Å². The van der Waals surface area contributed by atoms with Crippen molar-refractivity contribution in [3.05, 3.63) is 86.7 Å². The average molecular weight is 371 g/mol. The van der Waals surface area contributed by atoms with E-state index in [2.05, 4.69) is 0 Å². The molecule has 5 heteroatoms. The standard InChI is InChI=1S/C20H12Cl2O3/c21-13-6-5-12(18(22)9-13)11-24-14-7-8-16-15-3-1-2-4-17(15)20(23)25-19(16)10-14/h1-10H,11H2. The smallest absolute Gasteiger partial charge is 0.344 e. The Labute approximate surface area is 153 Å². The molecular weight excluding hydrogens is 359 g/mol. The van der Waals surface area contributed by atoms with Crippen molar-refractivity contribution >= 4 is 44.9 Å². The van der Waals surface area contributed by atoms with Crippen LogP contribution in [0.3, 0.4) is 0 Å². The van der Waals surface area contributed by atoms with E-state index in [1.807, 2.05) is 36.4 Å². The van der Waals surface area contributed by atoms with Gasteiger partial charge in [-0.2, -0.15) is 0 Å². The van der Waals surface area contributed by atoms with E-state index in [1.165, 1.54) is 0 Å². The maximum absolute atomic E-state index is 12.1. The van der Waals surface area contributed by atoms with Crippen LogP contribution in [0, 0.1) is 0 Å². The highest BCUT2D eigenvalue weighted by atomic mass is 35.5. The monoisotopic (exact) mass is 370 g/mol. The fourth-order valence-corrected chi connectivity index (χ4v) is 3.21. The Kier molecular flexibility index (Phi) is 4.12. The van der Waals surface area contributed by atoms with Crippen molar-refractivity contribution in [3.8, 4) is 5.75 Å². The minimum Gasteiger partial charge on any atom is -0.489 e. The maximum atomic E-state index is 12.1. The molecule has 124 valence electrons. The second-order valence-corrected chi connectivity index (χ2v) is 6.46. The molecule has 0 aliphatic carbocycles. The zero-order valence-electron chi connectivity index (χ0n) is 13.0. The fraction of sp³-hybridized carbons (Fsp3) is 0.0500. The summed E-state index contributed by atoms with van der Waals surface area (Å²) in [6.45, 7) is 0.291. The van der Waals surface area contributed by atoms with Gasteiger partial charge in [0.05, 0.1) is 5.39 Å². The van der Waals surface area contributed by atoms with Gasteiger partial charge in [-0.15, -0.1) is 0 Å². The summed E-state index contributed by atoms with van der Waals surface area (Å²) in [5, 5.41) is 3.42. The van der Waals surface area contributed by atoms with Crippen LogP contribution < -0.4 is 10.4 Å². The van der Waals surface area contributed by atoms with Gasteiger partial charge in [0.1, 0.15) is 17.9 Å². The van der Waals surface area contributed by atoms with Crippen LogP contribution in [-0.4, -0.2) is 0 Å². The van der Waals surface area contributed by atoms with Gasteiger partial charge >= 0.3 is 5.63 Å². The first-order chi connectivity index (χ1) is 12.1. The van der Waals surface area contributed by atoms with E-state index in [0.29, 0.717) is 33.4 Å². The number of hydrogen-bond donors (Lipinski definition) is 0. The Morgan fingerprint density at radius 2 is 1.68 bits per heavy atom. The predicted molar refractivity (Wildman–Crippen MR) is 101 cm³/mol. The molecule has 3 aromatic carbocycles. The molecule has 0 bridgehead atoms. The van der Waals surface area contributed by atoms with E-state index in [-0.39, 0.29) is 5.63 Å². The van der Waals surface area contributed by atoms with Crippen LogP contribution in [0.25, 0.3) is 21.7 Å². The molecule has 0 radical (unpaired) electrons. The topological polar surface area (TPSA) is 39.4 Å². The molecule has 1 aromatic heterocycles. The summed E-state index contributed by atoms with van der Waals surface area (Å²) in [6, 6.07) is 18.1. The third-order valence-electron chi connectivity index (χ3n) is 4.00. The van der Waals surface area contributed by atoms with Gasteiger partial charge in [-0.3, -0.25) is 0 Å². The van der Waals surface area contributed by atoms with E-state index < -0.39 is 0 Å². The highest BCUT2D eigenvalue weighted by Gasteiger charge is 2.08. The molecule has 0 N–H and O–H groups in total. The first-order valence-electron chi connectivity index (χ1n) is 7.64. The van der Waals surface area contributed by atoms with Crippen molar-refractivity contribution < 1.29 is 9.15 Å². The number of rotatable bonds is 3. The fourth-order valence-electron chi connectivity index (χ4n) is 2.75. The molecule has 0 fully saturated rings. The normalized spacial score (nSPS) is 11.1. The molecule has 4 aromatic rings. The molecule has 0 saturated carbocycles. The van der Waals surface area contributed by atoms with E-state index in [9.17, 15) is 4.79 Å². The predicted octanol–water partition coefficient (Wildman–Crippen LogP) is 5.83. The summed E-state index contributed by atoms with van der Waals surface area (Å²) in [5.41, 5.74) is 0.954. The molecule has 0 aliphatic rings. The second-order valence-electron chi connectivity index (χ2n) is 5.62. The van der Waals surface area contributed by atoms with Crippen LogP contribution in [-0.2, 0) is 6.61 Å². The molecule has 0 aliphatic heterocycles. The third-order valence-corrected chi connectivity index (χ3v) is 4.59. The molecular formula is C20H12Cl2O3. The van der Waals surface area contributed by atoms with Gasteiger partial charge in [0.15, 0.2) is 0 Å². The van der Waals surface area contributed by atoms with Crippen LogP contribution in [0.15, 0.2) is 69.9 Å². The average Bonchev–Trinajstić information content (AvgIpc) is 2.61. The number of ether oxygens (including phenoxy) is 1. The number of halogens is 2. The van der Waals surface area contributed by atoms with Crippen LogP contribution >= 0.6 is 23.2 Å². The molecule has 3 nitrogen and oxygen atoms in total. The minimum absolute atomic E-state index is 0.291. The highest BCUT2D eigenvalue weighted by molar-refractivity contribution is 6.35. The summed E-state index contributed by atoms with van der Waals surface area (Å²) in [5.74, 6) is 0.594. The van der Waals surface area contributed by atoms with Crippen molar-refractivity contribution in [2.24, 2.45) is 0 Å². The van der Waals surface area contributed by atoms with Crippen molar-refractivity contribution in [1.29, 1.82) is 0 Å². The van der Waals surface area contributed by atoms with Crippen molar-refractivity contribution in [2.75, 3.05) is 0 Å². The lowest BCUT2D eigenvalue weighted by Gasteiger charge is -2.09. The largest absolute Gasteiger partial charge is 0.489 e. The quantitative estimate of drug-likeness (QED) is 0.336. The lowest BCUT2D eigenvalue weighted by Crippen LogP contribution is -2.00. The lowest BCUT2D eigenvalue weighted by molar-refractivity contribution is 0.306. The van der Waals surface area contributed by atoms with E-state index >= 15 is 0 Å². The van der Waals surface area contributed by atoms with E-state index in [1.54, 1.807) is 24.3 Å². The lowest BCUT2D eigenvalue weighted by atomic mass is 10.1. The van der Waals surface area contributed by atoms with Gasteiger partial charge in [-0.05, 0) is 35.7 Å². The summed E-state index contributed by atoms with van der Waals surface area (Å²) in [4.78, 5) is 12.1. The molecule has 0 atom stereocenters. The maximum Gasteiger partial charge on any atom is 0.344 e. The van der Waals surface area contributed by atoms with Crippen LogP contribution in [0.4, 0.5) is 0 Å². The van der Waals surface area contributed by atoms with Gasteiger partial charge < -0.3 is 9.15 Å². The van der Waals surface area contributed by atoms with E-state index in [0.717, 1.165) is 16.3 Å². The molecule has 0 saturated heterocycles. The SMILES string of the molecule is O=c1oc2cc(OCc3ccc(Cl)cc3Cl)ccc2c2ccccc12. The zero-order chi connectivity index (χ0) is 17.4. The van der Waals surface area contributed by atoms with Gasteiger partial charge in [0.25, 0.3) is 0 Å². The van der Waals surface area contributed by atoms with Crippen molar-refractivity contribution in [1.82, 2.24) is 0 Å². The van der Waals surface area contributed by atoms with Gasteiger partial charge in [-0.1, -0.05) is 47.5 Å². The van der Waals surface area contributed by atoms with Gasteiger partial charge in [0.2, 0.25) is 0 Å². The molecule has 4 rings (SSSR count). The molecule has 1 heterocycles. The zero-order valence-corrected chi connectivity index (χ0v) is 14.5. The Balaban J connectivity index is 1.69. The Morgan fingerprint density at radius 1 is 0.880 bits per heavy atom. The second kappa shape index (κ2) is 6.43. The molecule has 25 heavy (non-hydrogen) atoms. The first kappa shape index (κ1) is 16.0. The third kappa shape index (κ3) is 3.09. The molecule has 0 spiro atoms. The van der Waals surface area contributed by atoms with Gasteiger partial charge in [0, 0.05) is 27.1 Å². The molecule has 0 amide bonds. The van der Waals surface area contributed by atoms with Crippen molar-refractivity contribution in [3.63, 3.8) is 0 Å².